The molecule has 9 rings (SSSR count). The van der Waals surface area contributed by atoms with Crippen molar-refractivity contribution in [2.75, 3.05) is 0 Å². The van der Waals surface area contributed by atoms with Crippen molar-refractivity contribution in [3.05, 3.63) is 139 Å². The molecule has 0 saturated heterocycles. The van der Waals surface area contributed by atoms with E-state index in [1.165, 1.54) is 0 Å². The molecule has 0 radical (unpaired) electrons. The van der Waals surface area contributed by atoms with Crippen LogP contribution in [0.1, 0.15) is 9.60 Å². The summed E-state index contributed by atoms with van der Waals surface area (Å²) in [6.45, 7) is 0. The van der Waals surface area contributed by atoms with E-state index in [0.29, 0.717) is 22.5 Å². The first-order chi connectivity index (χ1) is 24.7. The van der Waals surface area contributed by atoms with Crippen molar-refractivity contribution in [3.8, 4) is 45.3 Å². The van der Waals surface area contributed by atoms with Gasteiger partial charge in [-0.3, -0.25) is 0 Å². The molecule has 0 amide bonds. The molecule has 0 atom stereocenters. The number of hydrogen-bond donors (Lipinski definition) is 0. The van der Waals surface area contributed by atoms with Crippen molar-refractivity contribution in [1.82, 2.24) is 15.0 Å². The van der Waals surface area contributed by atoms with Gasteiger partial charge in [0.1, 0.15) is 11.2 Å². The first kappa shape index (κ1) is 18.8. The fraction of sp³-hybridized carbons (Fsp3) is 0. The van der Waals surface area contributed by atoms with E-state index < -0.39 is 12.1 Å². The number of aromatic nitrogens is 3. The Morgan fingerprint density at radius 2 is 1.16 bits per heavy atom. The van der Waals surface area contributed by atoms with Gasteiger partial charge in [0.2, 0.25) is 0 Å². The minimum atomic E-state index is -0.430. The zero-order chi connectivity index (χ0) is 35.1. The van der Waals surface area contributed by atoms with Crippen LogP contribution in [0.3, 0.4) is 0 Å². The summed E-state index contributed by atoms with van der Waals surface area (Å²) in [6.07, 6.45) is 0. The molecule has 0 bridgehead atoms. The van der Waals surface area contributed by atoms with Crippen LogP contribution in [0.25, 0.3) is 87.4 Å². The standard InChI is InChI=1S/C39H23N3OS/c1-2-9-24(10-3-1)25-17-19-26(20-18-25)37-40-38(27-21-22-29-28-11-4-6-14-32(28)43-33(29)23-27)42-39(41-37)31-13-8-16-35-36(31)30-12-5-7-15-34(30)44-35/h1-23H/i5D,7D,8D,12D,13D,15D,16D. The fourth-order valence-electron chi connectivity index (χ4n) is 5.58. The summed E-state index contributed by atoms with van der Waals surface area (Å²) in [5.41, 5.74) is 4.83. The van der Waals surface area contributed by atoms with Crippen LogP contribution in [-0.2, 0) is 0 Å². The van der Waals surface area contributed by atoms with Gasteiger partial charge in [-0.25, -0.2) is 15.0 Å². The minimum Gasteiger partial charge on any atom is -0.456 e. The molecule has 0 spiro atoms. The van der Waals surface area contributed by atoms with Crippen LogP contribution in [0.5, 0.6) is 0 Å². The third kappa shape index (κ3) is 4.09. The van der Waals surface area contributed by atoms with E-state index in [-0.39, 0.29) is 67.6 Å². The Morgan fingerprint density at radius 3 is 2.05 bits per heavy atom. The second kappa shape index (κ2) is 9.97. The van der Waals surface area contributed by atoms with Crippen molar-refractivity contribution in [2.24, 2.45) is 0 Å². The quantitative estimate of drug-likeness (QED) is 0.205. The Balaban J connectivity index is 1.33. The lowest BCUT2D eigenvalue weighted by atomic mass is 10.0. The molecule has 206 valence electrons. The molecule has 5 heteroatoms. The van der Waals surface area contributed by atoms with E-state index in [2.05, 4.69) is 0 Å². The van der Waals surface area contributed by atoms with Gasteiger partial charge in [-0.15, -0.1) is 11.3 Å². The third-order valence-corrected chi connectivity index (χ3v) is 8.71. The van der Waals surface area contributed by atoms with E-state index in [9.17, 15) is 0 Å². The monoisotopic (exact) mass is 588 g/mol. The predicted octanol–water partition coefficient (Wildman–Crippen LogP) is 10.8. The summed E-state index contributed by atoms with van der Waals surface area (Å²) in [4.78, 5) is 14.6. The predicted molar refractivity (Wildman–Crippen MR) is 182 cm³/mol. The average Bonchev–Trinajstić information content (AvgIpc) is 3.75. The van der Waals surface area contributed by atoms with Crippen molar-refractivity contribution < 1.29 is 14.0 Å². The van der Waals surface area contributed by atoms with Crippen molar-refractivity contribution >= 4 is 53.4 Å². The Morgan fingerprint density at radius 1 is 0.500 bits per heavy atom. The third-order valence-electron chi connectivity index (χ3n) is 7.69. The maximum absolute atomic E-state index is 9.12. The molecule has 3 aromatic heterocycles. The molecule has 6 aromatic carbocycles. The van der Waals surface area contributed by atoms with Crippen molar-refractivity contribution in [3.63, 3.8) is 0 Å². The van der Waals surface area contributed by atoms with Gasteiger partial charge in [-0.1, -0.05) is 109 Å². The van der Waals surface area contributed by atoms with Crippen molar-refractivity contribution in [1.29, 1.82) is 0 Å². The van der Waals surface area contributed by atoms with Gasteiger partial charge in [0.05, 0.1) is 9.60 Å². The Hall–Kier alpha value is -5.65. The van der Waals surface area contributed by atoms with Crippen molar-refractivity contribution in [2.45, 2.75) is 0 Å². The van der Waals surface area contributed by atoms with Gasteiger partial charge in [0.25, 0.3) is 0 Å². The van der Waals surface area contributed by atoms with Gasteiger partial charge < -0.3 is 4.42 Å². The normalized spacial score (nSPS) is 13.9. The van der Waals surface area contributed by atoms with Crippen LogP contribution >= 0.6 is 11.3 Å². The first-order valence-electron chi connectivity index (χ1n) is 17.5. The maximum atomic E-state index is 9.12. The lowest BCUT2D eigenvalue weighted by molar-refractivity contribution is 0.669. The van der Waals surface area contributed by atoms with E-state index >= 15 is 0 Å². The number of benzene rings is 6. The van der Waals surface area contributed by atoms with Gasteiger partial charge >= 0.3 is 0 Å². The smallest absolute Gasteiger partial charge is 0.164 e. The lowest BCUT2D eigenvalue weighted by Gasteiger charge is -2.10. The average molecular weight is 589 g/mol. The number of rotatable bonds is 4. The topological polar surface area (TPSA) is 51.8 Å². The highest BCUT2D eigenvalue weighted by molar-refractivity contribution is 7.25. The summed E-state index contributed by atoms with van der Waals surface area (Å²) in [5.74, 6) is 0.622. The second-order valence-electron chi connectivity index (χ2n) is 10.3. The van der Waals surface area contributed by atoms with E-state index in [4.69, 9.17) is 29.0 Å². The molecular formula is C39H23N3OS. The van der Waals surface area contributed by atoms with Gasteiger partial charge in [-0.2, -0.15) is 0 Å². The second-order valence-corrected chi connectivity index (χ2v) is 11.3. The molecule has 0 fully saturated rings. The largest absolute Gasteiger partial charge is 0.456 e. The molecule has 0 aliphatic carbocycles. The molecule has 0 saturated carbocycles. The SMILES string of the molecule is [2H]c1c([2H])c([2H])c2c(sc3c([2H])c([2H])c([2H])c(-c4nc(-c5ccc(-c6ccccc6)cc5)nc(-c5ccc6c(c5)oc5ccccc56)n4)c32)c1[2H]. The molecule has 0 aliphatic rings. The molecule has 9 aromatic rings. The van der Waals surface area contributed by atoms with Crippen LogP contribution in [-0.4, -0.2) is 15.0 Å². The molecule has 44 heavy (non-hydrogen) atoms. The fourth-order valence-corrected chi connectivity index (χ4v) is 6.55. The molecule has 0 N–H and O–H groups in total. The number of nitrogens with zero attached hydrogens (tertiary/aromatic N) is 3. The van der Waals surface area contributed by atoms with E-state index in [1.54, 1.807) is 0 Å². The zero-order valence-electron chi connectivity index (χ0n) is 29.9. The number of thiophene rings is 1. The summed E-state index contributed by atoms with van der Waals surface area (Å²) in [6, 6.07) is 28.9. The molecule has 0 aliphatic heterocycles. The summed E-state index contributed by atoms with van der Waals surface area (Å²) < 4.78 is 67.4. The Kier molecular flexibility index (Phi) is 4.26. The van der Waals surface area contributed by atoms with E-state index in [1.807, 2.05) is 97.1 Å². The summed E-state index contributed by atoms with van der Waals surface area (Å²) in [7, 11) is 0. The molecular weight excluding hydrogens is 559 g/mol. The molecule has 3 heterocycles. The van der Waals surface area contributed by atoms with Gasteiger partial charge in [-0.05, 0) is 41.4 Å². The van der Waals surface area contributed by atoms with Crippen LogP contribution in [0.4, 0.5) is 0 Å². The number of furan rings is 1. The highest BCUT2D eigenvalue weighted by Gasteiger charge is 2.18. The summed E-state index contributed by atoms with van der Waals surface area (Å²) in [5, 5.41) is 2.31. The van der Waals surface area contributed by atoms with Crippen LogP contribution in [0.2, 0.25) is 0 Å². The Labute approximate surface area is 266 Å². The highest BCUT2D eigenvalue weighted by atomic mass is 32.1. The highest BCUT2D eigenvalue weighted by Crippen LogP contribution is 2.40. The number of para-hydroxylation sites is 1. The number of hydrogen-bond acceptors (Lipinski definition) is 5. The van der Waals surface area contributed by atoms with Gasteiger partial charge in [0.15, 0.2) is 17.5 Å². The number of fused-ring (bicyclic) bond motifs is 6. The van der Waals surface area contributed by atoms with E-state index in [0.717, 1.165) is 38.8 Å². The molecule has 4 nitrogen and oxygen atoms in total. The van der Waals surface area contributed by atoms with Crippen LogP contribution < -0.4 is 0 Å². The summed E-state index contributed by atoms with van der Waals surface area (Å²) >= 11 is 1.00. The minimum absolute atomic E-state index is 0.0439. The van der Waals surface area contributed by atoms with Gasteiger partial charge in [0, 0.05) is 47.6 Å². The first-order valence-corrected chi connectivity index (χ1v) is 14.8. The molecule has 0 unspecified atom stereocenters. The maximum Gasteiger partial charge on any atom is 0.164 e. The lowest BCUT2D eigenvalue weighted by Crippen LogP contribution is -2.00. The zero-order valence-corrected chi connectivity index (χ0v) is 23.7. The Bertz CT molecular complexity index is 2890. The van der Waals surface area contributed by atoms with Crippen LogP contribution in [0, 0.1) is 0 Å². The van der Waals surface area contributed by atoms with Crippen LogP contribution in [0.15, 0.2) is 144 Å².